The Balaban J connectivity index is 1.73. The molecular weight excluding hydrogens is 356 g/mol. The fourth-order valence-electron chi connectivity index (χ4n) is 3.42. The molecule has 1 aromatic carbocycles. The summed E-state index contributed by atoms with van der Waals surface area (Å²) >= 11 is 0. The number of hydroxylamine groups is 2. The van der Waals surface area contributed by atoms with Gasteiger partial charge in [0.2, 0.25) is 0 Å². The summed E-state index contributed by atoms with van der Waals surface area (Å²) < 4.78 is 7.32. The first-order valence-corrected chi connectivity index (χ1v) is 8.82. The third kappa shape index (κ3) is 2.81. The molecule has 1 amide bonds. The Labute approximate surface area is 162 Å². The number of allylic oxidation sites excluding steroid dienone is 1. The van der Waals surface area contributed by atoms with Crippen molar-refractivity contribution in [2.75, 3.05) is 7.11 Å². The number of aromatic nitrogens is 1. The van der Waals surface area contributed by atoms with Crippen LogP contribution in [0.3, 0.4) is 0 Å². The Morgan fingerprint density at radius 2 is 1.89 bits per heavy atom. The summed E-state index contributed by atoms with van der Waals surface area (Å²) in [6.45, 7) is 5.73. The van der Waals surface area contributed by atoms with Crippen molar-refractivity contribution in [3.63, 3.8) is 0 Å². The molecule has 0 spiro atoms. The highest BCUT2D eigenvalue weighted by molar-refractivity contribution is 6.32. The summed E-state index contributed by atoms with van der Waals surface area (Å²) in [6, 6.07) is 9.76. The van der Waals surface area contributed by atoms with E-state index in [1.807, 2.05) is 44.2 Å². The molecule has 1 N–H and O–H groups in total. The molecule has 0 radical (unpaired) electrons. The average Bonchev–Trinajstić information content (AvgIpc) is 3.17. The van der Waals surface area contributed by atoms with Crippen LogP contribution in [0.5, 0.6) is 5.75 Å². The molecule has 0 fully saturated rings. The molecule has 0 unspecified atom stereocenters. The fourth-order valence-corrected chi connectivity index (χ4v) is 3.42. The largest absolute Gasteiger partial charge is 0.497 e. The van der Waals surface area contributed by atoms with E-state index < -0.39 is 5.91 Å². The second-order valence-corrected chi connectivity index (χ2v) is 6.68. The van der Waals surface area contributed by atoms with E-state index in [-0.39, 0.29) is 11.4 Å². The van der Waals surface area contributed by atoms with E-state index in [4.69, 9.17) is 15.0 Å². The van der Waals surface area contributed by atoms with Gasteiger partial charge in [0.1, 0.15) is 11.5 Å². The van der Waals surface area contributed by atoms with Gasteiger partial charge < -0.3 is 14.1 Å². The molecule has 7 nitrogen and oxygen atoms in total. The number of aliphatic imine (C=N–C) groups is 1. The number of methoxy groups -OCH3 is 1. The Morgan fingerprint density at radius 3 is 2.57 bits per heavy atom. The van der Waals surface area contributed by atoms with Gasteiger partial charge in [-0.1, -0.05) is 0 Å². The predicted octanol–water partition coefficient (Wildman–Crippen LogP) is 3.55. The molecule has 0 bridgehead atoms. The Kier molecular flexibility index (Phi) is 4.15. The summed E-state index contributed by atoms with van der Waals surface area (Å²) in [6.07, 6.45) is 3.34. The van der Waals surface area contributed by atoms with Crippen LogP contribution in [-0.2, 0) is 9.63 Å². The smallest absolute Gasteiger partial charge is 0.282 e. The van der Waals surface area contributed by atoms with E-state index >= 15 is 0 Å². The molecule has 1 aromatic heterocycles. The highest BCUT2D eigenvalue weighted by Crippen LogP contribution is 2.27. The first kappa shape index (κ1) is 17.8. The molecule has 4 rings (SSSR count). The van der Waals surface area contributed by atoms with E-state index in [1.54, 1.807) is 26.2 Å². The van der Waals surface area contributed by atoms with Gasteiger partial charge >= 0.3 is 0 Å². The molecule has 2 aliphatic rings. The van der Waals surface area contributed by atoms with Gasteiger partial charge in [0, 0.05) is 23.2 Å². The molecule has 2 aromatic rings. The van der Waals surface area contributed by atoms with Gasteiger partial charge in [-0.25, -0.2) is 0 Å². The second-order valence-electron chi connectivity index (χ2n) is 6.68. The van der Waals surface area contributed by atoms with Crippen LogP contribution in [0, 0.1) is 19.3 Å². The first-order chi connectivity index (χ1) is 13.4. The van der Waals surface area contributed by atoms with Crippen LogP contribution in [0.2, 0.25) is 0 Å². The highest BCUT2D eigenvalue weighted by Gasteiger charge is 2.34. The number of amides is 1. The van der Waals surface area contributed by atoms with Crippen molar-refractivity contribution in [3.05, 3.63) is 64.7 Å². The van der Waals surface area contributed by atoms with Gasteiger partial charge in [-0.15, -0.1) is 5.06 Å². The third-order valence-electron chi connectivity index (χ3n) is 4.78. The lowest BCUT2D eigenvalue weighted by Crippen LogP contribution is -2.38. The maximum absolute atomic E-state index is 12.5. The summed E-state index contributed by atoms with van der Waals surface area (Å²) in [5.74, 6) is 1.26. The summed E-state index contributed by atoms with van der Waals surface area (Å²) in [5, 5.41) is 9.63. The molecule has 28 heavy (non-hydrogen) atoms. The molecular formula is C21H20N4O3. The average molecular weight is 376 g/mol. The number of amidine groups is 2. The normalized spacial score (nSPS) is 17.4. The van der Waals surface area contributed by atoms with Crippen molar-refractivity contribution >= 4 is 23.7 Å². The Bertz CT molecular complexity index is 1090. The number of aryl methyl sites for hydroxylation is 1. The first-order valence-electron chi connectivity index (χ1n) is 8.82. The van der Waals surface area contributed by atoms with Crippen LogP contribution in [0.1, 0.15) is 23.9 Å². The van der Waals surface area contributed by atoms with Crippen molar-refractivity contribution < 1.29 is 14.4 Å². The van der Waals surface area contributed by atoms with Gasteiger partial charge in [-0.3, -0.25) is 10.2 Å². The molecule has 0 aliphatic carbocycles. The maximum Gasteiger partial charge on any atom is 0.282 e. The van der Waals surface area contributed by atoms with Crippen LogP contribution in [0.15, 0.2) is 52.7 Å². The van der Waals surface area contributed by atoms with Gasteiger partial charge in [-0.05, 0) is 62.7 Å². The molecule has 0 saturated carbocycles. The number of carbonyl (C=O) groups excluding carboxylic acids is 1. The van der Waals surface area contributed by atoms with Crippen LogP contribution in [-0.4, -0.2) is 34.3 Å². The lowest BCUT2D eigenvalue weighted by Gasteiger charge is -2.22. The van der Waals surface area contributed by atoms with Gasteiger partial charge in [0.15, 0.2) is 11.7 Å². The lowest BCUT2D eigenvalue weighted by atomic mass is 10.1. The van der Waals surface area contributed by atoms with Crippen molar-refractivity contribution in [2.24, 2.45) is 4.99 Å². The van der Waals surface area contributed by atoms with Crippen LogP contribution in [0.4, 0.5) is 0 Å². The molecule has 142 valence electrons. The van der Waals surface area contributed by atoms with Crippen LogP contribution < -0.4 is 4.74 Å². The fraction of sp³-hybridized carbons (Fsp3) is 0.190. The third-order valence-corrected chi connectivity index (χ3v) is 4.78. The highest BCUT2D eigenvalue weighted by atomic mass is 16.7. The second kappa shape index (κ2) is 6.53. The van der Waals surface area contributed by atoms with Crippen molar-refractivity contribution in [3.8, 4) is 11.4 Å². The lowest BCUT2D eigenvalue weighted by molar-refractivity contribution is -0.114. The Hall–Kier alpha value is -3.61. The minimum absolute atomic E-state index is 0.0163. The predicted molar refractivity (Wildman–Crippen MR) is 107 cm³/mol. The molecule has 7 heteroatoms. The van der Waals surface area contributed by atoms with Gasteiger partial charge in [0.25, 0.3) is 5.91 Å². The minimum atomic E-state index is -0.444. The van der Waals surface area contributed by atoms with Crippen LogP contribution in [0.25, 0.3) is 11.8 Å². The van der Waals surface area contributed by atoms with Crippen molar-refractivity contribution in [1.29, 1.82) is 5.41 Å². The van der Waals surface area contributed by atoms with Gasteiger partial charge in [-0.2, -0.15) is 4.99 Å². The van der Waals surface area contributed by atoms with Crippen molar-refractivity contribution in [2.45, 2.75) is 20.8 Å². The van der Waals surface area contributed by atoms with E-state index in [1.165, 1.54) is 5.06 Å². The molecule has 2 aliphatic heterocycles. The van der Waals surface area contributed by atoms with E-state index in [9.17, 15) is 4.79 Å². The number of carbonyl (C=O) groups is 1. The summed E-state index contributed by atoms with van der Waals surface area (Å²) in [7, 11) is 1.64. The number of hydrogen-bond acceptors (Lipinski definition) is 4. The molecule has 0 atom stereocenters. The summed E-state index contributed by atoms with van der Waals surface area (Å²) in [4.78, 5) is 22.0. The number of benzene rings is 1. The number of fused-ring (bicyclic) bond motifs is 1. The van der Waals surface area contributed by atoms with E-state index in [2.05, 4.69) is 9.56 Å². The topological polar surface area (TPSA) is 79.9 Å². The minimum Gasteiger partial charge on any atom is -0.497 e. The maximum atomic E-state index is 12.5. The number of hydrogen-bond donors (Lipinski definition) is 1. The zero-order chi connectivity index (χ0) is 20.0. The molecule has 3 heterocycles. The van der Waals surface area contributed by atoms with Crippen LogP contribution >= 0.6 is 0 Å². The zero-order valence-electron chi connectivity index (χ0n) is 16.1. The van der Waals surface area contributed by atoms with E-state index in [0.29, 0.717) is 11.6 Å². The quantitative estimate of drug-likeness (QED) is 0.831. The van der Waals surface area contributed by atoms with E-state index in [0.717, 1.165) is 28.4 Å². The van der Waals surface area contributed by atoms with Gasteiger partial charge in [0.05, 0.1) is 12.7 Å². The monoisotopic (exact) mass is 376 g/mol. The zero-order valence-corrected chi connectivity index (χ0v) is 16.1. The number of nitrogens with one attached hydrogen (secondary N) is 1. The number of ether oxygens (including phenoxy) is 1. The summed E-state index contributed by atoms with van der Waals surface area (Å²) in [5.41, 5.74) is 4.02. The molecule has 0 saturated heterocycles. The number of rotatable bonds is 3. The Morgan fingerprint density at radius 1 is 1.18 bits per heavy atom. The number of nitrogens with zero attached hydrogens (tertiary/aromatic N) is 3. The SMILES string of the molecule is COc1ccc(-n2c(C)cc(/C=C3/C(=N)N4OC(C)=CC4=NC3=O)c2C)cc1. The van der Waals surface area contributed by atoms with Crippen molar-refractivity contribution in [1.82, 2.24) is 9.63 Å². The standard InChI is InChI=1S/C21H20N4O3/c1-12-9-15(14(3)24(12)16-5-7-17(27-4)8-6-16)11-18-20(22)25-19(23-21(18)26)10-13(2)28-25/h5-11,22H,1-4H3/b18-11-,22-20?.